The second-order valence-corrected chi connectivity index (χ2v) is 8.30. The summed E-state index contributed by atoms with van der Waals surface area (Å²) in [5.74, 6) is -1.70. The number of nitrogens with two attached hydrogens (primary N) is 1. The van der Waals surface area contributed by atoms with Crippen molar-refractivity contribution in [2.24, 2.45) is 5.92 Å². The maximum atomic E-state index is 15.3. The normalized spacial score (nSPS) is 19.3. The number of halogens is 2. The molecule has 1 saturated carbocycles. The molecule has 0 spiro atoms. The Kier molecular flexibility index (Phi) is 5.16. The Morgan fingerprint density at radius 2 is 2.14 bits per heavy atom. The number of aromatic nitrogens is 1. The number of nitrogen functional groups attached to an aromatic ring is 1. The number of nitrogens with zero attached hydrogens (tertiary/aromatic N) is 2. The number of fused-ring (bicyclic) bond motifs is 1. The van der Waals surface area contributed by atoms with E-state index in [4.69, 9.17) is 17.3 Å². The number of carbonyl (C=O) groups is 1. The number of carboxylic acids is 1. The average Bonchev–Trinajstić information content (AvgIpc) is 3.43. The summed E-state index contributed by atoms with van der Waals surface area (Å²) in [6.45, 7) is 2.19. The van der Waals surface area contributed by atoms with Crippen molar-refractivity contribution in [3.8, 4) is 0 Å². The molecular formula is C20H24ClFN4O3. The van der Waals surface area contributed by atoms with Gasteiger partial charge in [-0.2, -0.15) is 0 Å². The second-order valence-electron chi connectivity index (χ2n) is 7.92. The topological polar surface area (TPSA) is 101 Å². The number of pyridine rings is 1. The van der Waals surface area contributed by atoms with Crippen molar-refractivity contribution in [3.05, 3.63) is 32.8 Å². The highest BCUT2D eigenvalue weighted by Gasteiger charge is 2.33. The zero-order valence-corrected chi connectivity index (χ0v) is 16.9. The number of aromatic carboxylic acids is 1. The lowest BCUT2D eigenvalue weighted by Crippen LogP contribution is -2.25. The van der Waals surface area contributed by atoms with Gasteiger partial charge in [0.1, 0.15) is 5.56 Å². The van der Waals surface area contributed by atoms with Gasteiger partial charge < -0.3 is 25.6 Å². The van der Waals surface area contributed by atoms with E-state index in [-0.39, 0.29) is 27.8 Å². The summed E-state index contributed by atoms with van der Waals surface area (Å²) < 4.78 is 17.0. The molecule has 29 heavy (non-hydrogen) atoms. The molecule has 1 aliphatic heterocycles. The van der Waals surface area contributed by atoms with Gasteiger partial charge in [0.25, 0.3) is 0 Å². The SMILES string of the molecule is CNCCC1CCN(c2c(F)c(N)c3c(=O)c(C(=O)O)cn(C4CC4)c3c2Cl)C1. The number of nitrogens with one attached hydrogen (secondary N) is 1. The Morgan fingerprint density at radius 1 is 1.41 bits per heavy atom. The second kappa shape index (κ2) is 7.50. The summed E-state index contributed by atoms with van der Waals surface area (Å²) >= 11 is 6.68. The van der Waals surface area contributed by atoms with E-state index in [2.05, 4.69) is 5.32 Å². The van der Waals surface area contributed by atoms with Crippen LogP contribution in [0.2, 0.25) is 5.02 Å². The van der Waals surface area contributed by atoms with Gasteiger partial charge in [-0.25, -0.2) is 9.18 Å². The van der Waals surface area contributed by atoms with Crippen molar-refractivity contribution in [2.75, 3.05) is 37.3 Å². The monoisotopic (exact) mass is 422 g/mol. The molecule has 1 atom stereocenters. The highest BCUT2D eigenvalue weighted by molar-refractivity contribution is 6.38. The predicted octanol–water partition coefficient (Wildman–Crippen LogP) is 2.85. The molecule has 2 aliphatic rings. The van der Waals surface area contributed by atoms with E-state index in [0.717, 1.165) is 32.2 Å². The van der Waals surface area contributed by atoms with Crippen molar-refractivity contribution in [3.63, 3.8) is 0 Å². The van der Waals surface area contributed by atoms with Crippen molar-refractivity contribution in [1.29, 1.82) is 0 Å². The Bertz CT molecular complexity index is 1050. The minimum atomic E-state index is -1.36. The first-order valence-corrected chi connectivity index (χ1v) is 10.2. The fourth-order valence-electron chi connectivity index (χ4n) is 4.24. The van der Waals surface area contributed by atoms with Crippen LogP contribution in [0.3, 0.4) is 0 Å². The minimum Gasteiger partial charge on any atom is -0.477 e. The average molecular weight is 423 g/mol. The van der Waals surface area contributed by atoms with Crippen molar-refractivity contribution in [2.45, 2.75) is 31.7 Å². The lowest BCUT2D eigenvalue weighted by molar-refractivity contribution is 0.0695. The molecule has 0 radical (unpaired) electrons. The van der Waals surface area contributed by atoms with Crippen LogP contribution in [-0.2, 0) is 0 Å². The summed E-state index contributed by atoms with van der Waals surface area (Å²) in [4.78, 5) is 26.2. The van der Waals surface area contributed by atoms with Crippen molar-refractivity contribution in [1.82, 2.24) is 9.88 Å². The van der Waals surface area contributed by atoms with Crippen molar-refractivity contribution < 1.29 is 14.3 Å². The number of hydrogen-bond acceptors (Lipinski definition) is 5. The van der Waals surface area contributed by atoms with Gasteiger partial charge in [-0.15, -0.1) is 0 Å². The number of benzene rings is 1. The standard InChI is InChI=1S/C20H24ClFN4O3/c1-24-6-4-10-5-7-25(8-10)18-14(21)17-13(16(23)15(18)22)19(27)12(20(28)29)9-26(17)11-2-3-11/h9-11,24H,2-8,23H2,1H3,(H,28,29). The largest absolute Gasteiger partial charge is 0.477 e. The molecule has 4 rings (SSSR count). The maximum Gasteiger partial charge on any atom is 0.341 e. The first-order valence-electron chi connectivity index (χ1n) is 9.83. The van der Waals surface area contributed by atoms with Crippen molar-refractivity contribution >= 4 is 39.8 Å². The number of rotatable bonds is 6. The Hall–Kier alpha value is -2.32. The molecule has 1 unspecified atom stereocenters. The number of hydrogen-bond donors (Lipinski definition) is 3. The number of carboxylic acid groups (broad SMARTS) is 1. The van der Waals surface area contributed by atoms with E-state index < -0.39 is 22.8 Å². The van der Waals surface area contributed by atoms with Gasteiger partial charge in [-0.1, -0.05) is 11.6 Å². The van der Waals surface area contributed by atoms with Crippen LogP contribution in [0.1, 0.15) is 42.1 Å². The first-order chi connectivity index (χ1) is 13.8. The minimum absolute atomic E-state index is 0.0355. The molecular weight excluding hydrogens is 399 g/mol. The molecule has 7 nitrogen and oxygen atoms in total. The Labute approximate surface area is 172 Å². The Morgan fingerprint density at radius 3 is 2.76 bits per heavy atom. The number of anilines is 2. The lowest BCUT2D eigenvalue weighted by atomic mass is 10.1. The van der Waals surface area contributed by atoms with Crippen LogP contribution < -0.4 is 21.4 Å². The summed E-state index contributed by atoms with van der Waals surface area (Å²) in [6.07, 6.45) is 4.90. The van der Waals surface area contributed by atoms with Crippen LogP contribution in [0.25, 0.3) is 10.9 Å². The highest BCUT2D eigenvalue weighted by atomic mass is 35.5. The molecule has 1 saturated heterocycles. The highest BCUT2D eigenvalue weighted by Crippen LogP contribution is 2.45. The van der Waals surface area contributed by atoms with E-state index in [1.807, 2.05) is 11.9 Å². The third kappa shape index (κ3) is 3.34. The third-order valence-corrected chi connectivity index (χ3v) is 6.30. The fourth-order valence-corrected chi connectivity index (χ4v) is 4.64. The van der Waals surface area contributed by atoms with E-state index in [0.29, 0.717) is 24.5 Å². The zero-order chi connectivity index (χ0) is 20.9. The molecule has 0 bridgehead atoms. The molecule has 1 aromatic carbocycles. The van der Waals surface area contributed by atoms with Gasteiger partial charge in [-0.3, -0.25) is 4.79 Å². The fraction of sp³-hybridized carbons (Fsp3) is 0.500. The Balaban J connectivity index is 1.90. The van der Waals surface area contributed by atoms with Gasteiger partial charge >= 0.3 is 5.97 Å². The van der Waals surface area contributed by atoms with Gasteiger partial charge in [0.15, 0.2) is 5.82 Å². The molecule has 2 aromatic rings. The van der Waals surface area contributed by atoms with E-state index >= 15 is 4.39 Å². The van der Waals surface area contributed by atoms with Crippen LogP contribution in [0.4, 0.5) is 15.8 Å². The lowest BCUT2D eigenvalue weighted by Gasteiger charge is -2.24. The molecule has 1 aliphatic carbocycles. The van der Waals surface area contributed by atoms with Gasteiger partial charge in [0.05, 0.1) is 27.3 Å². The van der Waals surface area contributed by atoms with Gasteiger partial charge in [-0.05, 0) is 45.2 Å². The van der Waals surface area contributed by atoms with Crippen LogP contribution in [-0.4, -0.2) is 42.3 Å². The van der Waals surface area contributed by atoms with E-state index in [1.54, 1.807) is 4.57 Å². The quantitative estimate of drug-likeness (QED) is 0.619. The maximum absolute atomic E-state index is 15.3. The van der Waals surface area contributed by atoms with E-state index in [1.165, 1.54) is 6.20 Å². The van der Waals surface area contributed by atoms with Crippen LogP contribution in [0.5, 0.6) is 0 Å². The predicted molar refractivity (Wildman–Crippen MR) is 112 cm³/mol. The van der Waals surface area contributed by atoms with Crippen LogP contribution in [0, 0.1) is 11.7 Å². The van der Waals surface area contributed by atoms with E-state index in [9.17, 15) is 14.7 Å². The summed E-state index contributed by atoms with van der Waals surface area (Å²) in [6, 6.07) is 0.0355. The van der Waals surface area contributed by atoms with Gasteiger partial charge in [0, 0.05) is 25.3 Å². The van der Waals surface area contributed by atoms with Gasteiger partial charge in [0.2, 0.25) is 5.43 Å². The smallest absolute Gasteiger partial charge is 0.341 e. The summed E-state index contributed by atoms with van der Waals surface area (Å²) in [5, 5.41) is 12.5. The first kappa shape index (κ1) is 20.0. The summed E-state index contributed by atoms with van der Waals surface area (Å²) in [7, 11) is 1.90. The molecule has 0 amide bonds. The molecule has 156 valence electrons. The molecule has 2 fully saturated rings. The molecule has 1 aromatic heterocycles. The molecule has 2 heterocycles. The van der Waals surface area contributed by atoms with Crippen LogP contribution in [0.15, 0.2) is 11.0 Å². The zero-order valence-electron chi connectivity index (χ0n) is 16.2. The third-order valence-electron chi connectivity index (χ3n) is 5.94. The van der Waals surface area contributed by atoms with Crippen LogP contribution >= 0.6 is 11.6 Å². The molecule has 9 heteroatoms. The summed E-state index contributed by atoms with van der Waals surface area (Å²) in [5.41, 5.74) is 5.03. The molecule has 4 N–H and O–H groups in total.